The Balaban J connectivity index is 1.71. The first-order valence-electron chi connectivity index (χ1n) is 7.40. The van der Waals surface area contributed by atoms with Crippen molar-refractivity contribution in [3.8, 4) is 0 Å². The lowest BCUT2D eigenvalue weighted by molar-refractivity contribution is -0.116. The van der Waals surface area contributed by atoms with E-state index in [0.717, 1.165) is 32.5 Å². The van der Waals surface area contributed by atoms with Crippen LogP contribution in [0.3, 0.4) is 0 Å². The number of aromatic nitrogens is 2. The average molecular weight is 296 g/mol. The molecule has 3 heterocycles. The summed E-state index contributed by atoms with van der Waals surface area (Å²) in [4.78, 5) is 12.4. The highest BCUT2D eigenvalue weighted by Gasteiger charge is 2.41. The van der Waals surface area contributed by atoms with E-state index in [-0.39, 0.29) is 12.2 Å². The third kappa shape index (κ3) is 3.30. The lowest BCUT2D eigenvalue weighted by Crippen LogP contribution is -2.60. The van der Waals surface area contributed by atoms with Gasteiger partial charge in [-0.25, -0.2) is 14.4 Å². The van der Waals surface area contributed by atoms with Crippen LogP contribution in [-0.4, -0.2) is 71.5 Å². The van der Waals surface area contributed by atoms with Gasteiger partial charge in [0.2, 0.25) is 5.95 Å². The summed E-state index contributed by atoms with van der Waals surface area (Å²) < 4.78 is 19.0. The fraction of sp³-hybridized carbons (Fsp3) is 0.714. The van der Waals surface area contributed by atoms with Crippen LogP contribution in [0.1, 0.15) is 12.8 Å². The van der Waals surface area contributed by atoms with Gasteiger partial charge in [-0.2, -0.15) is 0 Å². The zero-order valence-corrected chi connectivity index (χ0v) is 12.0. The van der Waals surface area contributed by atoms with Gasteiger partial charge in [0.05, 0.1) is 37.8 Å². The maximum Gasteiger partial charge on any atom is 0.225 e. The minimum Gasteiger partial charge on any atom is -0.395 e. The molecule has 0 bridgehead atoms. The molecule has 2 aliphatic rings. The SMILES string of the molecule is OCCN1CCO[C@@]2(CCCN(c3ncc(F)cn3)C2)C1. The maximum absolute atomic E-state index is 12.9. The predicted molar refractivity (Wildman–Crippen MR) is 75.6 cm³/mol. The molecule has 1 N–H and O–H groups in total. The van der Waals surface area contributed by atoms with Gasteiger partial charge in [0.15, 0.2) is 5.82 Å². The van der Waals surface area contributed by atoms with Gasteiger partial charge in [-0.3, -0.25) is 4.90 Å². The quantitative estimate of drug-likeness (QED) is 0.864. The van der Waals surface area contributed by atoms with Gasteiger partial charge in [-0.1, -0.05) is 0 Å². The van der Waals surface area contributed by atoms with E-state index in [1.807, 2.05) is 0 Å². The van der Waals surface area contributed by atoms with E-state index in [1.54, 1.807) is 0 Å². The van der Waals surface area contributed by atoms with Crippen molar-refractivity contribution in [1.82, 2.24) is 14.9 Å². The molecule has 1 spiro atoms. The molecule has 0 radical (unpaired) electrons. The lowest BCUT2D eigenvalue weighted by atomic mass is 9.91. The Kier molecular flexibility index (Phi) is 4.32. The third-order valence-corrected chi connectivity index (χ3v) is 4.17. The first kappa shape index (κ1) is 14.6. The molecule has 0 amide bonds. The molecular formula is C14H21FN4O2. The number of ether oxygens (including phenoxy) is 1. The molecule has 0 aliphatic carbocycles. The molecule has 1 atom stereocenters. The molecule has 0 unspecified atom stereocenters. The molecule has 3 rings (SSSR count). The molecule has 6 nitrogen and oxygen atoms in total. The molecule has 1 aromatic heterocycles. The normalized spacial score (nSPS) is 27.2. The lowest BCUT2D eigenvalue weighted by Gasteiger charge is -2.48. The van der Waals surface area contributed by atoms with Crippen LogP contribution in [-0.2, 0) is 4.74 Å². The fourth-order valence-electron chi connectivity index (χ4n) is 3.24. The molecule has 116 valence electrons. The molecule has 2 fully saturated rings. The first-order valence-corrected chi connectivity index (χ1v) is 7.40. The monoisotopic (exact) mass is 296 g/mol. The number of aliphatic hydroxyl groups excluding tert-OH is 1. The Hall–Kier alpha value is -1.31. The number of hydrogen-bond donors (Lipinski definition) is 1. The van der Waals surface area contributed by atoms with Crippen LogP contribution in [0.4, 0.5) is 10.3 Å². The van der Waals surface area contributed by atoms with Crippen molar-refractivity contribution in [2.75, 3.05) is 50.8 Å². The predicted octanol–water partition coefficient (Wildman–Crippen LogP) is 0.279. The number of hydrogen-bond acceptors (Lipinski definition) is 6. The number of morpholine rings is 1. The summed E-state index contributed by atoms with van der Waals surface area (Å²) in [6, 6.07) is 0. The second-order valence-electron chi connectivity index (χ2n) is 5.76. The van der Waals surface area contributed by atoms with Crippen LogP contribution in [0.5, 0.6) is 0 Å². The summed E-state index contributed by atoms with van der Waals surface area (Å²) in [5.74, 6) is 0.131. The van der Waals surface area contributed by atoms with Crippen LogP contribution in [0, 0.1) is 5.82 Å². The fourth-order valence-corrected chi connectivity index (χ4v) is 3.24. The number of nitrogens with zero attached hydrogens (tertiary/aromatic N) is 4. The van der Waals surface area contributed by atoms with E-state index < -0.39 is 5.82 Å². The summed E-state index contributed by atoms with van der Waals surface area (Å²) >= 11 is 0. The van der Waals surface area contributed by atoms with Gasteiger partial charge < -0.3 is 14.7 Å². The zero-order valence-electron chi connectivity index (χ0n) is 12.0. The van der Waals surface area contributed by atoms with E-state index in [4.69, 9.17) is 9.84 Å². The maximum atomic E-state index is 12.9. The van der Waals surface area contributed by atoms with Crippen molar-refractivity contribution in [2.24, 2.45) is 0 Å². The Bertz CT molecular complexity index is 467. The van der Waals surface area contributed by atoms with E-state index in [2.05, 4.69) is 19.8 Å². The van der Waals surface area contributed by atoms with E-state index in [1.165, 1.54) is 12.4 Å². The topological polar surface area (TPSA) is 61.7 Å². The van der Waals surface area contributed by atoms with Crippen LogP contribution >= 0.6 is 0 Å². The van der Waals surface area contributed by atoms with Crippen molar-refractivity contribution < 1.29 is 14.2 Å². The van der Waals surface area contributed by atoms with Crippen LogP contribution < -0.4 is 4.90 Å². The van der Waals surface area contributed by atoms with E-state index in [9.17, 15) is 4.39 Å². The first-order chi connectivity index (χ1) is 10.2. The highest BCUT2D eigenvalue weighted by atomic mass is 19.1. The number of anilines is 1. The number of halogens is 1. The van der Waals surface area contributed by atoms with Crippen LogP contribution in [0.15, 0.2) is 12.4 Å². The number of rotatable bonds is 3. The molecule has 2 saturated heterocycles. The molecule has 0 aromatic carbocycles. The van der Waals surface area contributed by atoms with Gasteiger partial charge in [0.1, 0.15) is 0 Å². The molecule has 2 aliphatic heterocycles. The van der Waals surface area contributed by atoms with Crippen molar-refractivity contribution in [1.29, 1.82) is 0 Å². The number of aliphatic hydroxyl groups is 1. The standard InChI is InChI=1S/C14H21FN4O2/c15-12-8-16-13(17-9-12)19-3-1-2-14(11-19)10-18(4-6-20)5-7-21-14/h8-9,20H,1-7,10-11H2/t14-/m0/s1. The largest absolute Gasteiger partial charge is 0.395 e. The van der Waals surface area contributed by atoms with E-state index in [0.29, 0.717) is 25.6 Å². The van der Waals surface area contributed by atoms with Gasteiger partial charge in [0, 0.05) is 26.2 Å². The molecule has 21 heavy (non-hydrogen) atoms. The Morgan fingerprint density at radius 2 is 2.10 bits per heavy atom. The average Bonchev–Trinajstić information content (AvgIpc) is 2.48. The minimum absolute atomic E-state index is 0.168. The Labute approximate surface area is 123 Å². The van der Waals surface area contributed by atoms with E-state index >= 15 is 0 Å². The summed E-state index contributed by atoms with van der Waals surface area (Å²) in [6.45, 7) is 4.76. The Morgan fingerprint density at radius 3 is 2.86 bits per heavy atom. The van der Waals surface area contributed by atoms with Crippen molar-refractivity contribution in [3.05, 3.63) is 18.2 Å². The molecular weight excluding hydrogens is 275 g/mol. The summed E-state index contributed by atoms with van der Waals surface area (Å²) in [6.07, 6.45) is 4.38. The second kappa shape index (κ2) is 6.21. The third-order valence-electron chi connectivity index (χ3n) is 4.17. The summed E-state index contributed by atoms with van der Waals surface area (Å²) in [7, 11) is 0. The van der Waals surface area contributed by atoms with Gasteiger partial charge >= 0.3 is 0 Å². The highest BCUT2D eigenvalue weighted by molar-refractivity contribution is 5.31. The number of β-amino-alcohol motifs (C(OH)–C–C–N with tert-alkyl or cyclic N) is 1. The molecule has 0 saturated carbocycles. The highest BCUT2D eigenvalue weighted by Crippen LogP contribution is 2.30. The Morgan fingerprint density at radius 1 is 1.29 bits per heavy atom. The second-order valence-corrected chi connectivity index (χ2v) is 5.76. The van der Waals surface area contributed by atoms with Gasteiger partial charge in [-0.15, -0.1) is 0 Å². The number of piperidine rings is 1. The van der Waals surface area contributed by atoms with Crippen molar-refractivity contribution >= 4 is 5.95 Å². The minimum atomic E-state index is -0.423. The molecule has 7 heteroatoms. The smallest absolute Gasteiger partial charge is 0.225 e. The molecule has 1 aromatic rings. The van der Waals surface area contributed by atoms with Crippen molar-refractivity contribution in [2.45, 2.75) is 18.4 Å². The van der Waals surface area contributed by atoms with Crippen molar-refractivity contribution in [3.63, 3.8) is 0 Å². The van der Waals surface area contributed by atoms with Crippen LogP contribution in [0.25, 0.3) is 0 Å². The van der Waals surface area contributed by atoms with Crippen LogP contribution in [0.2, 0.25) is 0 Å². The summed E-state index contributed by atoms with van der Waals surface area (Å²) in [5, 5.41) is 9.11. The summed E-state index contributed by atoms with van der Waals surface area (Å²) in [5.41, 5.74) is -0.233. The van der Waals surface area contributed by atoms with Gasteiger partial charge in [-0.05, 0) is 12.8 Å². The van der Waals surface area contributed by atoms with Gasteiger partial charge in [0.25, 0.3) is 0 Å². The zero-order chi connectivity index (χ0) is 14.7.